The van der Waals surface area contributed by atoms with E-state index in [-0.39, 0.29) is 23.1 Å². The molecule has 6 nitrogen and oxygen atoms in total. The second-order valence-corrected chi connectivity index (χ2v) is 6.44. The van der Waals surface area contributed by atoms with Crippen molar-refractivity contribution in [3.63, 3.8) is 0 Å². The van der Waals surface area contributed by atoms with Crippen LogP contribution in [-0.4, -0.2) is 33.7 Å². The van der Waals surface area contributed by atoms with Crippen LogP contribution >= 0.6 is 11.8 Å². The Morgan fingerprint density at radius 2 is 2.04 bits per heavy atom. The van der Waals surface area contributed by atoms with Crippen molar-refractivity contribution < 1.29 is 27.5 Å². The minimum Gasteiger partial charge on any atom is -0.461 e. The number of hydrogen-bond acceptors (Lipinski definition) is 5. The molecule has 1 atom stereocenters. The minimum absolute atomic E-state index is 0.129. The molecule has 2 rings (SSSR count). The lowest BCUT2D eigenvalue weighted by atomic mass is 10.1. The molecule has 1 amide bonds. The molecule has 1 unspecified atom stereocenters. The van der Waals surface area contributed by atoms with Crippen molar-refractivity contribution in [3.05, 3.63) is 41.7 Å². The summed E-state index contributed by atoms with van der Waals surface area (Å²) in [5, 5.41) is 1.80. The van der Waals surface area contributed by atoms with Crippen molar-refractivity contribution in [2.75, 3.05) is 11.9 Å². The summed E-state index contributed by atoms with van der Waals surface area (Å²) in [6.45, 7) is 3.38. The summed E-state index contributed by atoms with van der Waals surface area (Å²) in [6, 6.07) is 4.73. The largest absolute Gasteiger partial charge is 0.461 e. The summed E-state index contributed by atoms with van der Waals surface area (Å²) in [5.41, 5.74) is -1.11. The van der Waals surface area contributed by atoms with E-state index in [1.165, 1.54) is 31.3 Å². The molecule has 0 aliphatic rings. The third-order valence-corrected chi connectivity index (χ3v) is 4.19. The highest BCUT2D eigenvalue weighted by Gasteiger charge is 2.34. The number of nitrogens with zero attached hydrogens (tertiary/aromatic N) is 1. The standard InChI is InChI=1S/C16H16F3N3O3S/c1-3-25-14(24)12-8-20-15(22-12)26-9(2)13(23)21-11-7-5-4-6-10(11)16(17,18)19/h4-9H,3H2,1-2H3,(H,20,22)(H,21,23). The van der Waals surface area contributed by atoms with Crippen LogP contribution in [0.5, 0.6) is 0 Å². The molecule has 2 N–H and O–H groups in total. The monoisotopic (exact) mass is 387 g/mol. The van der Waals surface area contributed by atoms with Crippen LogP contribution in [0.4, 0.5) is 18.9 Å². The van der Waals surface area contributed by atoms with Crippen LogP contribution in [-0.2, 0) is 15.7 Å². The van der Waals surface area contributed by atoms with Crippen LogP contribution in [0, 0.1) is 0 Å². The number of halogens is 3. The van der Waals surface area contributed by atoms with Gasteiger partial charge in [-0.05, 0) is 26.0 Å². The number of aromatic nitrogens is 2. The van der Waals surface area contributed by atoms with E-state index in [2.05, 4.69) is 15.3 Å². The van der Waals surface area contributed by atoms with E-state index < -0.39 is 28.9 Å². The van der Waals surface area contributed by atoms with E-state index in [0.717, 1.165) is 17.8 Å². The lowest BCUT2D eigenvalue weighted by molar-refractivity contribution is -0.137. The number of para-hydroxylation sites is 1. The van der Waals surface area contributed by atoms with Crippen LogP contribution < -0.4 is 5.32 Å². The molecule has 0 saturated heterocycles. The van der Waals surface area contributed by atoms with E-state index in [1.807, 2.05) is 0 Å². The number of benzene rings is 1. The van der Waals surface area contributed by atoms with Crippen LogP contribution in [0.3, 0.4) is 0 Å². The normalized spacial score (nSPS) is 12.5. The number of alkyl halides is 3. The number of carbonyl (C=O) groups is 2. The summed E-state index contributed by atoms with van der Waals surface area (Å²) in [5.74, 6) is -1.20. The van der Waals surface area contributed by atoms with Crippen LogP contribution in [0.25, 0.3) is 0 Å². The van der Waals surface area contributed by atoms with Gasteiger partial charge in [-0.15, -0.1) is 0 Å². The van der Waals surface area contributed by atoms with Gasteiger partial charge in [0.05, 0.1) is 29.3 Å². The van der Waals surface area contributed by atoms with Crippen molar-refractivity contribution in [2.45, 2.75) is 30.4 Å². The van der Waals surface area contributed by atoms with Crippen molar-refractivity contribution in [3.8, 4) is 0 Å². The smallest absolute Gasteiger partial charge is 0.418 e. The number of ether oxygens (including phenoxy) is 1. The van der Waals surface area contributed by atoms with E-state index >= 15 is 0 Å². The molecule has 10 heteroatoms. The van der Waals surface area contributed by atoms with Gasteiger partial charge in [0, 0.05) is 0 Å². The number of aromatic amines is 1. The van der Waals surface area contributed by atoms with E-state index in [4.69, 9.17) is 4.74 Å². The molecular formula is C16H16F3N3O3S. The molecule has 0 spiro atoms. The van der Waals surface area contributed by atoms with Gasteiger partial charge < -0.3 is 15.0 Å². The van der Waals surface area contributed by atoms with Crippen molar-refractivity contribution in [1.29, 1.82) is 0 Å². The number of amides is 1. The molecule has 140 valence electrons. The number of hydrogen-bond donors (Lipinski definition) is 2. The molecule has 0 saturated carbocycles. The number of rotatable bonds is 6. The zero-order chi connectivity index (χ0) is 19.3. The maximum absolute atomic E-state index is 13.0. The van der Waals surface area contributed by atoms with Gasteiger partial charge in [-0.2, -0.15) is 13.2 Å². The molecular weight excluding hydrogens is 371 g/mol. The Morgan fingerprint density at radius 1 is 1.35 bits per heavy atom. The first-order valence-electron chi connectivity index (χ1n) is 7.58. The molecule has 0 bridgehead atoms. The van der Waals surface area contributed by atoms with Crippen LogP contribution in [0.1, 0.15) is 29.9 Å². The lowest BCUT2D eigenvalue weighted by Gasteiger charge is -2.15. The number of esters is 1. The third kappa shape index (κ3) is 5.01. The average molecular weight is 387 g/mol. The Morgan fingerprint density at radius 3 is 2.69 bits per heavy atom. The molecule has 1 heterocycles. The van der Waals surface area contributed by atoms with Crippen LogP contribution in [0.15, 0.2) is 35.6 Å². The molecule has 0 aliphatic heterocycles. The minimum atomic E-state index is -4.57. The number of thioether (sulfide) groups is 1. The fourth-order valence-electron chi connectivity index (χ4n) is 1.97. The first-order chi connectivity index (χ1) is 12.2. The van der Waals surface area contributed by atoms with E-state index in [0.29, 0.717) is 0 Å². The number of carbonyl (C=O) groups excluding carboxylic acids is 2. The van der Waals surface area contributed by atoms with Crippen molar-refractivity contribution in [1.82, 2.24) is 9.97 Å². The predicted molar refractivity (Wildman–Crippen MR) is 89.9 cm³/mol. The third-order valence-electron chi connectivity index (χ3n) is 3.20. The number of anilines is 1. The average Bonchev–Trinajstić information content (AvgIpc) is 3.03. The zero-order valence-electron chi connectivity index (χ0n) is 13.9. The molecule has 1 aromatic carbocycles. The molecule has 0 fully saturated rings. The summed E-state index contributed by atoms with van der Waals surface area (Å²) in [6.07, 6.45) is -3.31. The maximum atomic E-state index is 13.0. The number of H-pyrrole nitrogens is 1. The Bertz CT molecular complexity index is 792. The van der Waals surface area contributed by atoms with Gasteiger partial charge in [-0.3, -0.25) is 4.79 Å². The zero-order valence-corrected chi connectivity index (χ0v) is 14.7. The molecule has 2 aromatic rings. The van der Waals surface area contributed by atoms with Gasteiger partial charge in [0.25, 0.3) is 0 Å². The Balaban J connectivity index is 2.04. The highest BCUT2D eigenvalue weighted by Crippen LogP contribution is 2.35. The summed E-state index contributed by atoms with van der Waals surface area (Å²) in [4.78, 5) is 30.4. The summed E-state index contributed by atoms with van der Waals surface area (Å²) in [7, 11) is 0. The Kier molecular flexibility index (Phi) is 6.30. The number of nitrogens with one attached hydrogen (secondary N) is 2. The fourth-order valence-corrected chi connectivity index (χ4v) is 2.75. The number of imidazole rings is 1. The van der Waals surface area contributed by atoms with E-state index in [9.17, 15) is 22.8 Å². The summed E-state index contributed by atoms with van der Waals surface area (Å²) >= 11 is 0.973. The highest BCUT2D eigenvalue weighted by atomic mass is 32.2. The van der Waals surface area contributed by atoms with Gasteiger partial charge in [0.2, 0.25) is 5.91 Å². The van der Waals surface area contributed by atoms with Gasteiger partial charge in [-0.25, -0.2) is 9.78 Å². The molecule has 26 heavy (non-hydrogen) atoms. The summed E-state index contributed by atoms with van der Waals surface area (Å²) < 4.78 is 43.7. The first kappa shape index (κ1) is 19.8. The topological polar surface area (TPSA) is 84.1 Å². The predicted octanol–water partition coefficient (Wildman–Crippen LogP) is 3.72. The molecule has 1 aromatic heterocycles. The van der Waals surface area contributed by atoms with Gasteiger partial charge >= 0.3 is 12.1 Å². The van der Waals surface area contributed by atoms with E-state index in [1.54, 1.807) is 6.92 Å². The van der Waals surface area contributed by atoms with Gasteiger partial charge in [-0.1, -0.05) is 23.9 Å². The lowest BCUT2D eigenvalue weighted by Crippen LogP contribution is -2.24. The maximum Gasteiger partial charge on any atom is 0.418 e. The second-order valence-electron chi connectivity index (χ2n) is 5.12. The van der Waals surface area contributed by atoms with Crippen molar-refractivity contribution >= 4 is 29.3 Å². The second kappa shape index (κ2) is 8.26. The van der Waals surface area contributed by atoms with Crippen LogP contribution in [0.2, 0.25) is 0 Å². The van der Waals surface area contributed by atoms with Crippen molar-refractivity contribution in [2.24, 2.45) is 0 Å². The fraction of sp³-hybridized carbons (Fsp3) is 0.312. The molecule has 0 radical (unpaired) electrons. The Hall–Kier alpha value is -2.49. The van der Waals surface area contributed by atoms with Gasteiger partial charge in [0.15, 0.2) is 5.16 Å². The Labute approximate surface area is 151 Å². The SMILES string of the molecule is CCOC(=O)c1cnc(SC(C)C(=O)Nc2ccccc2C(F)(F)F)[nH]1. The molecule has 0 aliphatic carbocycles. The first-order valence-corrected chi connectivity index (χ1v) is 8.46. The highest BCUT2D eigenvalue weighted by molar-refractivity contribution is 8.00. The van der Waals surface area contributed by atoms with Gasteiger partial charge in [0.1, 0.15) is 5.69 Å². The quantitative estimate of drug-likeness (QED) is 0.583.